The van der Waals surface area contributed by atoms with Gasteiger partial charge in [-0.05, 0) is 17.7 Å². The third kappa shape index (κ3) is 3.01. The van der Waals surface area contributed by atoms with Crippen LogP contribution >= 0.6 is 0 Å². The fourth-order valence-corrected chi connectivity index (χ4v) is 2.75. The lowest BCUT2D eigenvalue weighted by Gasteiger charge is -2.35. The topological polar surface area (TPSA) is 81.4 Å². The first-order valence-electron chi connectivity index (χ1n) is 7.25. The number of nitrogen functional groups attached to an aromatic ring is 1. The molecule has 0 atom stereocenters. The fourth-order valence-electron chi connectivity index (χ4n) is 2.75. The highest BCUT2D eigenvalue weighted by Crippen LogP contribution is 2.26. The number of hydrogen-bond donors (Lipinski definition) is 3. The molecule has 21 heavy (non-hydrogen) atoms. The molecule has 0 radical (unpaired) electrons. The van der Waals surface area contributed by atoms with Crippen LogP contribution in [-0.2, 0) is 0 Å². The van der Waals surface area contributed by atoms with Crippen molar-refractivity contribution in [3.05, 3.63) is 30.5 Å². The van der Waals surface area contributed by atoms with Crippen molar-refractivity contribution in [2.24, 2.45) is 0 Å². The number of rotatable bonds is 4. The van der Waals surface area contributed by atoms with E-state index in [1.54, 1.807) is 6.20 Å². The second kappa shape index (κ2) is 6.15. The van der Waals surface area contributed by atoms with Crippen LogP contribution in [0.5, 0.6) is 0 Å². The Balaban J connectivity index is 1.67. The second-order valence-electron chi connectivity index (χ2n) is 5.30. The third-order valence-electron chi connectivity index (χ3n) is 4.00. The molecule has 1 fully saturated rings. The van der Waals surface area contributed by atoms with Crippen LogP contribution in [0.3, 0.4) is 0 Å². The number of H-pyrrole nitrogens is 1. The summed E-state index contributed by atoms with van der Waals surface area (Å²) in [6.07, 6.45) is 1.75. The maximum Gasteiger partial charge on any atom is 0.126 e. The van der Waals surface area contributed by atoms with Crippen molar-refractivity contribution in [2.75, 3.05) is 50.0 Å². The van der Waals surface area contributed by atoms with E-state index in [0.29, 0.717) is 5.82 Å². The van der Waals surface area contributed by atoms with Crippen molar-refractivity contribution in [2.45, 2.75) is 0 Å². The second-order valence-corrected chi connectivity index (χ2v) is 5.30. The van der Waals surface area contributed by atoms with Crippen molar-refractivity contribution in [1.29, 1.82) is 0 Å². The van der Waals surface area contributed by atoms with Crippen LogP contribution in [-0.4, -0.2) is 59.5 Å². The average Bonchev–Trinajstić information content (AvgIpc) is 2.95. The maximum atomic E-state index is 8.97. The Kier molecular flexibility index (Phi) is 4.08. The number of aliphatic hydroxyl groups is 1. The summed E-state index contributed by atoms with van der Waals surface area (Å²) in [4.78, 5) is 4.66. The average molecular weight is 287 g/mol. The summed E-state index contributed by atoms with van der Waals surface area (Å²) >= 11 is 0. The van der Waals surface area contributed by atoms with Crippen LogP contribution in [0.25, 0.3) is 11.1 Å². The highest BCUT2D eigenvalue weighted by molar-refractivity contribution is 5.74. The van der Waals surface area contributed by atoms with Gasteiger partial charge in [0.1, 0.15) is 5.82 Å². The lowest BCUT2D eigenvalue weighted by Crippen LogP contribution is -2.47. The fraction of sp³-hybridized carbons (Fsp3) is 0.400. The number of hydrogen-bond acceptors (Lipinski definition) is 5. The Morgan fingerprint density at radius 1 is 1.14 bits per heavy atom. The number of nitrogens with one attached hydrogen (secondary N) is 1. The number of aliphatic hydroxyl groups excluding tert-OH is 1. The van der Waals surface area contributed by atoms with E-state index in [0.717, 1.165) is 43.9 Å². The molecule has 0 saturated carbocycles. The standard InChI is InChI=1S/C15H21N5O/c16-15-14(11-17-18-15)12-1-3-13(4-2-12)20-7-5-19(6-8-20)9-10-21/h1-4,11,21H,5-10H2,(H3,16,17,18). The van der Waals surface area contributed by atoms with Crippen molar-refractivity contribution in [1.82, 2.24) is 15.1 Å². The molecule has 1 aromatic heterocycles. The van der Waals surface area contributed by atoms with Gasteiger partial charge in [0.2, 0.25) is 0 Å². The van der Waals surface area contributed by atoms with Gasteiger partial charge in [0.05, 0.1) is 12.8 Å². The summed E-state index contributed by atoms with van der Waals surface area (Å²) in [5.41, 5.74) is 9.08. The van der Waals surface area contributed by atoms with Gasteiger partial charge in [-0.1, -0.05) is 12.1 Å². The Morgan fingerprint density at radius 3 is 2.43 bits per heavy atom. The minimum absolute atomic E-state index is 0.237. The van der Waals surface area contributed by atoms with E-state index in [1.807, 2.05) is 0 Å². The van der Waals surface area contributed by atoms with Crippen LogP contribution in [0.1, 0.15) is 0 Å². The Hall–Kier alpha value is -2.05. The molecule has 2 aromatic rings. The zero-order valence-corrected chi connectivity index (χ0v) is 12.0. The number of nitrogens with zero attached hydrogens (tertiary/aromatic N) is 3. The summed E-state index contributed by atoms with van der Waals surface area (Å²) in [5.74, 6) is 0.598. The van der Waals surface area contributed by atoms with E-state index in [9.17, 15) is 0 Å². The van der Waals surface area contributed by atoms with E-state index in [2.05, 4.69) is 44.3 Å². The normalized spacial score (nSPS) is 16.3. The van der Waals surface area contributed by atoms with Crippen molar-refractivity contribution >= 4 is 11.5 Å². The van der Waals surface area contributed by atoms with E-state index in [1.165, 1.54) is 5.69 Å². The summed E-state index contributed by atoms with van der Waals surface area (Å²) in [6, 6.07) is 8.42. The zero-order valence-electron chi connectivity index (χ0n) is 12.0. The number of aromatic amines is 1. The molecule has 112 valence electrons. The quantitative estimate of drug-likeness (QED) is 0.774. The summed E-state index contributed by atoms with van der Waals surface area (Å²) < 4.78 is 0. The molecule has 0 amide bonds. The van der Waals surface area contributed by atoms with Crippen LogP contribution in [0, 0.1) is 0 Å². The molecule has 1 aliphatic heterocycles. The van der Waals surface area contributed by atoms with E-state index in [4.69, 9.17) is 10.8 Å². The SMILES string of the molecule is Nc1[nH]ncc1-c1ccc(N2CCN(CCO)CC2)cc1. The van der Waals surface area contributed by atoms with Crippen molar-refractivity contribution in [3.63, 3.8) is 0 Å². The third-order valence-corrected chi connectivity index (χ3v) is 4.00. The molecule has 4 N–H and O–H groups in total. The Bertz CT molecular complexity index is 572. The zero-order chi connectivity index (χ0) is 14.7. The number of nitrogens with two attached hydrogens (primary N) is 1. The van der Waals surface area contributed by atoms with Crippen LogP contribution < -0.4 is 10.6 Å². The highest BCUT2D eigenvalue weighted by atomic mass is 16.3. The van der Waals surface area contributed by atoms with Crippen LogP contribution in [0.2, 0.25) is 0 Å². The molecule has 0 spiro atoms. The Labute approximate surface area is 124 Å². The molecule has 1 saturated heterocycles. The molecule has 6 nitrogen and oxygen atoms in total. The van der Waals surface area contributed by atoms with Crippen molar-refractivity contribution in [3.8, 4) is 11.1 Å². The van der Waals surface area contributed by atoms with Gasteiger partial charge >= 0.3 is 0 Å². The highest BCUT2D eigenvalue weighted by Gasteiger charge is 2.16. The van der Waals surface area contributed by atoms with Gasteiger partial charge in [0.25, 0.3) is 0 Å². The molecular weight excluding hydrogens is 266 g/mol. The Morgan fingerprint density at radius 2 is 1.86 bits per heavy atom. The number of piperazine rings is 1. The summed E-state index contributed by atoms with van der Waals surface area (Å²) in [7, 11) is 0. The molecule has 2 heterocycles. The monoisotopic (exact) mass is 287 g/mol. The number of benzene rings is 1. The van der Waals surface area contributed by atoms with Gasteiger partial charge < -0.3 is 15.7 Å². The van der Waals surface area contributed by atoms with E-state index in [-0.39, 0.29) is 6.61 Å². The lowest BCUT2D eigenvalue weighted by molar-refractivity contribution is 0.189. The van der Waals surface area contributed by atoms with Gasteiger partial charge in [-0.15, -0.1) is 0 Å². The van der Waals surface area contributed by atoms with Crippen LogP contribution in [0.4, 0.5) is 11.5 Å². The first kappa shape index (κ1) is 13.9. The maximum absolute atomic E-state index is 8.97. The minimum atomic E-state index is 0.237. The molecule has 6 heteroatoms. The molecule has 0 bridgehead atoms. The number of aromatic nitrogens is 2. The predicted octanol–water partition coefficient (Wildman–Crippen LogP) is 0.773. The number of anilines is 2. The molecule has 1 aromatic carbocycles. The van der Waals surface area contributed by atoms with E-state index >= 15 is 0 Å². The van der Waals surface area contributed by atoms with Gasteiger partial charge in [0.15, 0.2) is 0 Å². The molecule has 0 unspecified atom stereocenters. The smallest absolute Gasteiger partial charge is 0.126 e. The van der Waals surface area contributed by atoms with Crippen LogP contribution in [0.15, 0.2) is 30.5 Å². The van der Waals surface area contributed by atoms with Gasteiger partial charge in [-0.25, -0.2) is 0 Å². The predicted molar refractivity (Wildman–Crippen MR) is 84.2 cm³/mol. The summed E-state index contributed by atoms with van der Waals surface area (Å²) in [5, 5.41) is 15.7. The van der Waals surface area contributed by atoms with Gasteiger partial charge in [-0.3, -0.25) is 10.00 Å². The summed E-state index contributed by atoms with van der Waals surface area (Å²) in [6.45, 7) is 4.99. The lowest BCUT2D eigenvalue weighted by atomic mass is 10.1. The molecule has 1 aliphatic rings. The first-order chi connectivity index (χ1) is 10.3. The molecule has 3 rings (SSSR count). The van der Waals surface area contributed by atoms with Gasteiger partial charge in [0, 0.05) is 44.0 Å². The number of β-amino-alcohol motifs (C(OH)–C–C–N with tert-alkyl or cyclic N) is 1. The largest absolute Gasteiger partial charge is 0.395 e. The van der Waals surface area contributed by atoms with Crippen molar-refractivity contribution < 1.29 is 5.11 Å². The molecule has 0 aliphatic carbocycles. The minimum Gasteiger partial charge on any atom is -0.395 e. The first-order valence-corrected chi connectivity index (χ1v) is 7.25. The van der Waals surface area contributed by atoms with Gasteiger partial charge in [-0.2, -0.15) is 5.10 Å². The van der Waals surface area contributed by atoms with E-state index < -0.39 is 0 Å². The molecular formula is C15H21N5O.